The summed E-state index contributed by atoms with van der Waals surface area (Å²) in [7, 11) is -3.72. The average Bonchev–Trinajstić information content (AvgIpc) is 2.92. The second kappa shape index (κ2) is 6.31. The topological polar surface area (TPSA) is 93.2 Å². The third kappa shape index (κ3) is 2.56. The lowest BCUT2D eigenvalue weighted by Crippen LogP contribution is -2.62. The molecule has 0 saturated carbocycles. The summed E-state index contributed by atoms with van der Waals surface area (Å²) in [5, 5.41) is 0. The molecule has 8 nitrogen and oxygen atoms in total. The molecule has 2 unspecified atom stereocenters. The first-order valence-corrected chi connectivity index (χ1v) is 10.8. The van der Waals surface area contributed by atoms with E-state index in [1.165, 1.54) is 21.3 Å². The molecule has 2 fully saturated rings. The van der Waals surface area contributed by atoms with Crippen LogP contribution in [0, 0.1) is 11.8 Å². The van der Waals surface area contributed by atoms with Crippen LogP contribution in [0.4, 0.5) is 0 Å². The second-order valence-corrected chi connectivity index (χ2v) is 9.42. The highest BCUT2D eigenvalue weighted by Gasteiger charge is 2.53. The van der Waals surface area contributed by atoms with Crippen LogP contribution in [0.15, 0.2) is 35.2 Å². The maximum absolute atomic E-state index is 12.9. The van der Waals surface area contributed by atoms with Crippen molar-refractivity contribution in [2.24, 2.45) is 11.8 Å². The summed E-state index contributed by atoms with van der Waals surface area (Å²) >= 11 is 0. The van der Waals surface area contributed by atoms with Crippen molar-refractivity contribution < 1.29 is 27.5 Å². The van der Waals surface area contributed by atoms with Gasteiger partial charge in [0.15, 0.2) is 11.5 Å². The highest BCUT2D eigenvalue weighted by Crippen LogP contribution is 2.39. The van der Waals surface area contributed by atoms with E-state index in [0.29, 0.717) is 37.6 Å². The monoisotopic (exact) mass is 404 g/mol. The molecule has 1 aromatic carbocycles. The Kier molecular flexibility index (Phi) is 3.99. The van der Waals surface area contributed by atoms with Gasteiger partial charge in [-0.05, 0) is 25.0 Å². The lowest BCUT2D eigenvalue weighted by atomic mass is 9.85. The summed E-state index contributed by atoms with van der Waals surface area (Å²) in [6.07, 6.45) is 5.04. The Bertz CT molecular complexity index is 956. The Morgan fingerprint density at radius 1 is 0.893 bits per heavy atom. The predicted molar refractivity (Wildman–Crippen MR) is 97.2 cm³/mol. The molecule has 3 aliphatic heterocycles. The van der Waals surface area contributed by atoms with Gasteiger partial charge >= 0.3 is 0 Å². The molecule has 3 heterocycles. The molecule has 0 spiro atoms. The molecule has 2 atom stereocenters. The van der Waals surface area contributed by atoms with Crippen molar-refractivity contribution in [2.75, 3.05) is 26.3 Å². The van der Waals surface area contributed by atoms with Gasteiger partial charge in [0, 0.05) is 19.2 Å². The van der Waals surface area contributed by atoms with E-state index < -0.39 is 16.1 Å². The Labute approximate surface area is 162 Å². The standard InChI is InChI=1S/C19H20N2O6S/c22-18-14-3-1-2-4-15(14)19(23)21(18)12-10-20(11-12)28(24,25)13-5-6-16-17(9-13)27-8-7-26-16/h1-2,5-6,9,12,14-15H,3-4,7-8,10-11H2. The second-order valence-electron chi connectivity index (χ2n) is 7.48. The van der Waals surface area contributed by atoms with Crippen LogP contribution in [0.3, 0.4) is 0 Å². The zero-order valence-electron chi connectivity index (χ0n) is 15.1. The zero-order valence-corrected chi connectivity index (χ0v) is 15.9. The van der Waals surface area contributed by atoms with Crippen molar-refractivity contribution in [3.63, 3.8) is 0 Å². The molecule has 0 aromatic heterocycles. The fourth-order valence-electron chi connectivity index (χ4n) is 4.30. The van der Waals surface area contributed by atoms with E-state index in [9.17, 15) is 18.0 Å². The third-order valence-electron chi connectivity index (χ3n) is 5.89. The van der Waals surface area contributed by atoms with Gasteiger partial charge in [0.2, 0.25) is 21.8 Å². The Morgan fingerprint density at radius 2 is 1.50 bits per heavy atom. The molecule has 4 aliphatic rings. The largest absolute Gasteiger partial charge is 0.486 e. The van der Waals surface area contributed by atoms with Crippen molar-refractivity contribution in [2.45, 2.75) is 23.8 Å². The molecule has 5 rings (SSSR count). The van der Waals surface area contributed by atoms with Gasteiger partial charge in [-0.3, -0.25) is 14.5 Å². The van der Waals surface area contributed by atoms with Crippen LogP contribution >= 0.6 is 0 Å². The van der Waals surface area contributed by atoms with E-state index in [2.05, 4.69) is 0 Å². The molecule has 1 aliphatic carbocycles. The summed E-state index contributed by atoms with van der Waals surface area (Å²) in [5.41, 5.74) is 0. The number of carbonyl (C=O) groups excluding carboxylic acids is 2. The van der Waals surface area contributed by atoms with E-state index in [1.54, 1.807) is 6.07 Å². The number of carbonyl (C=O) groups is 2. The Morgan fingerprint density at radius 3 is 2.14 bits per heavy atom. The quantitative estimate of drug-likeness (QED) is 0.546. The van der Waals surface area contributed by atoms with Gasteiger partial charge in [0.1, 0.15) is 13.2 Å². The number of hydrogen-bond donors (Lipinski definition) is 0. The first-order chi connectivity index (χ1) is 13.5. The van der Waals surface area contributed by atoms with Crippen LogP contribution in [0.25, 0.3) is 0 Å². The molecular weight excluding hydrogens is 384 g/mol. The number of imide groups is 1. The summed E-state index contributed by atoms with van der Waals surface area (Å²) < 4.78 is 38.0. The number of ether oxygens (including phenoxy) is 2. The molecule has 1 aromatic rings. The van der Waals surface area contributed by atoms with Crippen LogP contribution in [-0.4, -0.2) is 61.8 Å². The van der Waals surface area contributed by atoms with Crippen LogP contribution in [0.2, 0.25) is 0 Å². The summed E-state index contributed by atoms with van der Waals surface area (Å²) in [6, 6.07) is 4.15. The minimum Gasteiger partial charge on any atom is -0.486 e. The molecule has 28 heavy (non-hydrogen) atoms. The first kappa shape index (κ1) is 17.7. The van der Waals surface area contributed by atoms with E-state index in [0.717, 1.165) is 0 Å². The number of benzene rings is 1. The first-order valence-electron chi connectivity index (χ1n) is 9.38. The molecule has 148 valence electrons. The maximum atomic E-state index is 12.9. The number of hydrogen-bond acceptors (Lipinski definition) is 6. The smallest absolute Gasteiger partial charge is 0.243 e. The molecule has 2 saturated heterocycles. The van der Waals surface area contributed by atoms with Crippen LogP contribution < -0.4 is 9.47 Å². The Hall–Kier alpha value is -2.39. The maximum Gasteiger partial charge on any atom is 0.243 e. The zero-order chi connectivity index (χ0) is 19.5. The number of fused-ring (bicyclic) bond motifs is 2. The number of amides is 2. The number of nitrogens with zero attached hydrogens (tertiary/aromatic N) is 2. The lowest BCUT2D eigenvalue weighted by molar-refractivity contribution is -0.145. The normalized spacial score (nSPS) is 27.6. The van der Waals surface area contributed by atoms with Gasteiger partial charge in [0.05, 0.1) is 22.8 Å². The van der Waals surface area contributed by atoms with Gasteiger partial charge in [-0.2, -0.15) is 4.31 Å². The van der Waals surface area contributed by atoms with Gasteiger partial charge in [0.25, 0.3) is 0 Å². The van der Waals surface area contributed by atoms with Crippen molar-refractivity contribution in [3.05, 3.63) is 30.4 Å². The van der Waals surface area contributed by atoms with Gasteiger partial charge in [-0.15, -0.1) is 0 Å². The van der Waals surface area contributed by atoms with Crippen molar-refractivity contribution in [1.29, 1.82) is 0 Å². The number of likely N-dealkylation sites (tertiary alicyclic amines) is 1. The number of sulfonamides is 1. The fourth-order valence-corrected chi connectivity index (χ4v) is 5.83. The van der Waals surface area contributed by atoms with Crippen LogP contribution in [-0.2, 0) is 19.6 Å². The highest BCUT2D eigenvalue weighted by atomic mass is 32.2. The molecule has 9 heteroatoms. The van der Waals surface area contributed by atoms with Gasteiger partial charge < -0.3 is 9.47 Å². The molecule has 0 N–H and O–H groups in total. The molecule has 0 radical (unpaired) electrons. The minimum absolute atomic E-state index is 0.118. The third-order valence-corrected chi connectivity index (χ3v) is 7.71. The van der Waals surface area contributed by atoms with Crippen molar-refractivity contribution >= 4 is 21.8 Å². The Balaban J connectivity index is 1.31. The minimum atomic E-state index is -3.72. The van der Waals surface area contributed by atoms with E-state index in [-0.39, 0.29) is 41.6 Å². The summed E-state index contributed by atoms with van der Waals surface area (Å²) in [5.74, 6) is 0.0189. The van der Waals surface area contributed by atoms with Crippen LogP contribution in [0.1, 0.15) is 12.8 Å². The molecule has 0 bridgehead atoms. The van der Waals surface area contributed by atoms with E-state index >= 15 is 0 Å². The SMILES string of the molecule is O=C1C2CC=CCC2C(=O)N1C1CN(S(=O)(=O)c2ccc3c(c2)OCCO3)C1. The fraction of sp³-hybridized carbons (Fsp3) is 0.474. The number of allylic oxidation sites excluding steroid dienone is 2. The van der Waals surface area contributed by atoms with E-state index in [1.807, 2.05) is 12.2 Å². The molecule has 2 amide bonds. The summed E-state index contributed by atoms with van der Waals surface area (Å²) in [6.45, 7) is 1.06. The average molecular weight is 404 g/mol. The van der Waals surface area contributed by atoms with Crippen molar-refractivity contribution in [3.8, 4) is 11.5 Å². The van der Waals surface area contributed by atoms with Gasteiger partial charge in [-0.25, -0.2) is 8.42 Å². The summed E-state index contributed by atoms with van der Waals surface area (Å²) in [4.78, 5) is 26.7. The molecular formula is C19H20N2O6S. The van der Waals surface area contributed by atoms with Gasteiger partial charge in [-0.1, -0.05) is 12.2 Å². The predicted octanol–water partition coefficient (Wildman–Crippen LogP) is 0.782. The van der Waals surface area contributed by atoms with Crippen molar-refractivity contribution in [1.82, 2.24) is 9.21 Å². The number of rotatable bonds is 3. The highest BCUT2D eigenvalue weighted by molar-refractivity contribution is 7.89. The van der Waals surface area contributed by atoms with E-state index in [4.69, 9.17) is 9.47 Å². The van der Waals surface area contributed by atoms with Crippen LogP contribution in [0.5, 0.6) is 11.5 Å². The lowest BCUT2D eigenvalue weighted by Gasteiger charge is -2.42.